The van der Waals surface area contributed by atoms with E-state index in [1.165, 1.54) is 11.3 Å². The number of nitrogens with one attached hydrogen (secondary N) is 1. The van der Waals surface area contributed by atoms with Crippen molar-refractivity contribution in [1.29, 1.82) is 0 Å². The number of nitrogens with zero attached hydrogens (tertiary/aromatic N) is 1. The minimum absolute atomic E-state index is 0.139. The zero-order valence-corrected chi connectivity index (χ0v) is 14.1. The smallest absolute Gasteiger partial charge is 0.268 e. The van der Waals surface area contributed by atoms with Gasteiger partial charge < -0.3 is 10.1 Å². The van der Waals surface area contributed by atoms with Gasteiger partial charge in [0.15, 0.2) is 6.10 Å². The van der Waals surface area contributed by atoms with E-state index < -0.39 is 6.10 Å². The maximum atomic E-state index is 12.8. The molecule has 114 valence electrons. The van der Waals surface area contributed by atoms with E-state index in [0.717, 1.165) is 3.79 Å². The normalized spacial score (nSPS) is 16.6. The van der Waals surface area contributed by atoms with Crippen LogP contribution in [-0.4, -0.2) is 31.5 Å². The number of carbonyl (C=O) groups excluding carboxylic acids is 2. The Balaban J connectivity index is 1.98. The van der Waals surface area contributed by atoms with Crippen LogP contribution in [0.25, 0.3) is 0 Å². The van der Waals surface area contributed by atoms with Crippen LogP contribution < -0.4 is 15.0 Å². The number of anilines is 1. The Morgan fingerprint density at radius 3 is 2.77 bits per heavy atom. The average Bonchev–Trinajstić information content (AvgIpc) is 2.98. The zero-order chi connectivity index (χ0) is 15.7. The number of fused-ring (bicyclic) bond motifs is 1. The number of ether oxygens (including phenoxy) is 1. The van der Waals surface area contributed by atoms with Crippen molar-refractivity contribution in [1.82, 2.24) is 5.32 Å². The van der Waals surface area contributed by atoms with Crippen LogP contribution in [0, 0.1) is 0 Å². The van der Waals surface area contributed by atoms with Crippen molar-refractivity contribution < 1.29 is 14.3 Å². The largest absolute Gasteiger partial charge is 0.477 e. The molecule has 1 aliphatic heterocycles. The highest BCUT2D eigenvalue weighted by Gasteiger charge is 2.34. The van der Waals surface area contributed by atoms with Gasteiger partial charge in [-0.25, -0.2) is 0 Å². The molecule has 0 aliphatic carbocycles. The Labute approximate surface area is 140 Å². The van der Waals surface area contributed by atoms with Crippen molar-refractivity contribution in [3.05, 3.63) is 45.1 Å². The molecule has 0 fully saturated rings. The molecule has 1 unspecified atom stereocenters. The second-order valence-electron chi connectivity index (χ2n) is 4.71. The topological polar surface area (TPSA) is 58.6 Å². The van der Waals surface area contributed by atoms with Gasteiger partial charge in [-0.1, -0.05) is 12.1 Å². The summed E-state index contributed by atoms with van der Waals surface area (Å²) in [6.07, 6.45) is -0.716. The van der Waals surface area contributed by atoms with Crippen LogP contribution in [0.15, 0.2) is 40.2 Å². The summed E-state index contributed by atoms with van der Waals surface area (Å²) in [4.78, 5) is 26.9. The second-order valence-corrected chi connectivity index (χ2v) is 7.17. The van der Waals surface area contributed by atoms with Gasteiger partial charge in [0, 0.05) is 7.05 Å². The van der Waals surface area contributed by atoms with Gasteiger partial charge in [-0.3, -0.25) is 14.5 Å². The summed E-state index contributed by atoms with van der Waals surface area (Å²) in [6, 6.07) is 10.8. The molecule has 1 atom stereocenters. The molecule has 22 heavy (non-hydrogen) atoms. The van der Waals surface area contributed by atoms with E-state index >= 15 is 0 Å². The third-order valence-corrected chi connectivity index (χ3v) is 4.95. The number of likely N-dealkylation sites (N-methyl/N-ethyl adjacent to an activating group) is 1. The van der Waals surface area contributed by atoms with Gasteiger partial charge in [-0.2, -0.15) is 0 Å². The zero-order valence-electron chi connectivity index (χ0n) is 11.7. The summed E-state index contributed by atoms with van der Waals surface area (Å²) < 4.78 is 6.58. The van der Waals surface area contributed by atoms with Crippen molar-refractivity contribution >= 4 is 44.8 Å². The number of hydrogen-bond acceptors (Lipinski definition) is 4. The molecule has 2 amide bonds. The number of hydrogen-bond donors (Lipinski definition) is 1. The van der Waals surface area contributed by atoms with E-state index in [0.29, 0.717) is 16.3 Å². The fourth-order valence-electron chi connectivity index (χ4n) is 2.29. The van der Waals surface area contributed by atoms with Gasteiger partial charge in [0.2, 0.25) is 0 Å². The highest BCUT2D eigenvalue weighted by atomic mass is 79.9. The van der Waals surface area contributed by atoms with Crippen molar-refractivity contribution in [2.75, 3.05) is 18.5 Å². The summed E-state index contributed by atoms with van der Waals surface area (Å²) in [5.74, 6) is 0.145. The molecule has 1 aliphatic rings. The molecular formula is C15H13BrN2O3S. The Hall–Kier alpha value is -1.86. The van der Waals surface area contributed by atoms with Crippen LogP contribution >= 0.6 is 27.3 Å². The standard InChI is InChI=1S/C15H13BrN2O3S/c1-17-14(19)11-8-18(9-4-2-3-5-10(9)21-11)15(20)12-6-7-13(16)22-12/h2-7,11H,8H2,1H3,(H,17,19). The number of carbonyl (C=O) groups is 2. The Kier molecular flexibility index (Phi) is 4.17. The van der Waals surface area contributed by atoms with Crippen LogP contribution in [0.4, 0.5) is 5.69 Å². The number of thiophene rings is 1. The molecule has 0 saturated heterocycles. The first-order valence-corrected chi connectivity index (χ1v) is 8.25. The van der Waals surface area contributed by atoms with E-state index in [9.17, 15) is 9.59 Å². The third kappa shape index (κ3) is 2.74. The molecule has 2 aromatic rings. The molecule has 1 N–H and O–H groups in total. The Morgan fingerprint density at radius 1 is 1.32 bits per heavy atom. The lowest BCUT2D eigenvalue weighted by Crippen LogP contribution is -2.50. The first kappa shape index (κ1) is 15.1. The number of para-hydroxylation sites is 2. The molecule has 1 aromatic heterocycles. The summed E-state index contributed by atoms with van der Waals surface area (Å²) in [7, 11) is 1.55. The van der Waals surface area contributed by atoms with Gasteiger partial charge in [0.05, 0.1) is 20.9 Å². The molecular weight excluding hydrogens is 368 g/mol. The first-order valence-electron chi connectivity index (χ1n) is 6.64. The minimum Gasteiger partial charge on any atom is -0.477 e. The number of benzene rings is 1. The third-order valence-electron chi connectivity index (χ3n) is 3.34. The summed E-state index contributed by atoms with van der Waals surface area (Å²) in [6.45, 7) is 0.186. The van der Waals surface area contributed by atoms with E-state index in [-0.39, 0.29) is 18.4 Å². The fraction of sp³-hybridized carbons (Fsp3) is 0.200. The molecule has 5 nitrogen and oxygen atoms in total. The monoisotopic (exact) mass is 380 g/mol. The predicted molar refractivity (Wildman–Crippen MR) is 88.6 cm³/mol. The molecule has 0 spiro atoms. The van der Waals surface area contributed by atoms with E-state index in [1.54, 1.807) is 24.1 Å². The van der Waals surface area contributed by atoms with Gasteiger partial charge in [-0.05, 0) is 40.2 Å². The molecule has 0 saturated carbocycles. The number of amides is 2. The second kappa shape index (κ2) is 6.10. The summed E-state index contributed by atoms with van der Waals surface area (Å²) >= 11 is 4.73. The fourth-order valence-corrected chi connectivity index (χ4v) is 3.62. The maximum Gasteiger partial charge on any atom is 0.268 e. The average molecular weight is 381 g/mol. The van der Waals surface area contributed by atoms with Crippen LogP contribution in [-0.2, 0) is 4.79 Å². The lowest BCUT2D eigenvalue weighted by molar-refractivity contribution is -0.127. The minimum atomic E-state index is -0.716. The van der Waals surface area contributed by atoms with Crippen LogP contribution in [0.3, 0.4) is 0 Å². The van der Waals surface area contributed by atoms with Crippen LogP contribution in [0.5, 0.6) is 5.75 Å². The highest BCUT2D eigenvalue weighted by molar-refractivity contribution is 9.11. The summed E-state index contributed by atoms with van der Waals surface area (Å²) in [5.41, 5.74) is 0.678. The van der Waals surface area contributed by atoms with Crippen LogP contribution in [0.2, 0.25) is 0 Å². The molecule has 0 radical (unpaired) electrons. The molecule has 7 heteroatoms. The lowest BCUT2D eigenvalue weighted by atomic mass is 10.1. The van der Waals surface area contributed by atoms with Crippen molar-refractivity contribution in [2.24, 2.45) is 0 Å². The van der Waals surface area contributed by atoms with Crippen molar-refractivity contribution in [3.63, 3.8) is 0 Å². The number of halogens is 1. The van der Waals surface area contributed by atoms with Gasteiger partial charge in [-0.15, -0.1) is 11.3 Å². The maximum absolute atomic E-state index is 12.8. The highest BCUT2D eigenvalue weighted by Crippen LogP contribution is 2.35. The van der Waals surface area contributed by atoms with Crippen molar-refractivity contribution in [3.8, 4) is 5.75 Å². The predicted octanol–water partition coefficient (Wildman–Crippen LogP) is 2.66. The molecule has 3 rings (SSSR count). The molecule has 1 aromatic carbocycles. The van der Waals surface area contributed by atoms with E-state index in [4.69, 9.17) is 4.74 Å². The van der Waals surface area contributed by atoms with Gasteiger partial charge in [0.1, 0.15) is 5.75 Å². The molecule has 2 heterocycles. The Morgan fingerprint density at radius 2 is 2.09 bits per heavy atom. The van der Waals surface area contributed by atoms with E-state index in [1.807, 2.05) is 24.3 Å². The summed E-state index contributed by atoms with van der Waals surface area (Å²) in [5, 5.41) is 2.56. The van der Waals surface area contributed by atoms with Gasteiger partial charge in [0.25, 0.3) is 11.8 Å². The van der Waals surface area contributed by atoms with Crippen molar-refractivity contribution in [2.45, 2.75) is 6.10 Å². The first-order chi connectivity index (χ1) is 10.6. The quantitative estimate of drug-likeness (QED) is 0.870. The number of rotatable bonds is 2. The Bertz CT molecular complexity index is 731. The molecule has 0 bridgehead atoms. The van der Waals surface area contributed by atoms with E-state index in [2.05, 4.69) is 21.2 Å². The van der Waals surface area contributed by atoms with Crippen LogP contribution in [0.1, 0.15) is 9.67 Å². The van der Waals surface area contributed by atoms with Gasteiger partial charge >= 0.3 is 0 Å². The lowest BCUT2D eigenvalue weighted by Gasteiger charge is -2.33. The SMILES string of the molecule is CNC(=O)C1CN(C(=O)c2ccc(Br)s2)c2ccccc2O1.